The number of carboxylic acid groups (broad SMARTS) is 1. The summed E-state index contributed by atoms with van der Waals surface area (Å²) in [7, 11) is 0. The summed E-state index contributed by atoms with van der Waals surface area (Å²) in [6, 6.07) is 6.63. The number of aromatic nitrogens is 1. The minimum atomic E-state index is -1.14. The van der Waals surface area contributed by atoms with Gasteiger partial charge in [-0.05, 0) is 50.6 Å². The molecule has 1 aromatic carbocycles. The Bertz CT molecular complexity index is 659. The molecule has 0 fully saturated rings. The molecule has 2 aromatic rings. The van der Waals surface area contributed by atoms with Gasteiger partial charge in [0.05, 0.1) is 0 Å². The second-order valence-electron chi connectivity index (χ2n) is 4.78. The van der Waals surface area contributed by atoms with Gasteiger partial charge in [-0.3, -0.25) is 0 Å². The zero-order valence-electron chi connectivity index (χ0n) is 11.6. The van der Waals surface area contributed by atoms with E-state index in [0.29, 0.717) is 6.54 Å². The van der Waals surface area contributed by atoms with E-state index in [0.717, 1.165) is 29.1 Å². The molecule has 2 rings (SSSR count). The Morgan fingerprint density at radius 3 is 2.55 bits per heavy atom. The molecule has 4 N–H and O–H groups in total. The number of hydrogen-bond acceptors (Lipinski definition) is 3. The Labute approximate surface area is 117 Å². The molecule has 0 amide bonds. The lowest BCUT2D eigenvalue weighted by molar-refractivity contribution is 0.0694. The number of hydrogen-bond donors (Lipinski definition) is 3. The zero-order valence-corrected chi connectivity index (χ0v) is 11.6. The molecule has 0 aliphatic rings. The third-order valence-electron chi connectivity index (χ3n) is 3.42. The van der Waals surface area contributed by atoms with E-state index in [1.165, 1.54) is 12.1 Å². The van der Waals surface area contributed by atoms with Gasteiger partial charge < -0.3 is 20.5 Å². The average molecular weight is 274 g/mol. The summed E-state index contributed by atoms with van der Waals surface area (Å²) in [5.74, 6) is -1.37. The van der Waals surface area contributed by atoms with Crippen molar-refractivity contribution in [1.29, 1.82) is 0 Å². The molecule has 0 unspecified atom stereocenters. The maximum Gasteiger partial charge on any atom is 0.339 e. The number of nitrogens with two attached hydrogens (primary N) is 1. The third kappa shape index (κ3) is 2.40. The standard InChI is InChI=1S/C15H18N2O3/c1-9-7-11(5-6-16)10(2)17(9)12-3-4-13(15(19)20)14(18)8-12/h3-4,7-8,18H,5-6,16H2,1-2H3,(H,19,20). The summed E-state index contributed by atoms with van der Waals surface area (Å²) in [5, 5.41) is 18.7. The molecule has 0 aliphatic carbocycles. The summed E-state index contributed by atoms with van der Waals surface area (Å²) >= 11 is 0. The van der Waals surface area contributed by atoms with Crippen molar-refractivity contribution in [1.82, 2.24) is 4.57 Å². The fourth-order valence-electron chi connectivity index (χ4n) is 2.48. The number of carbonyl (C=O) groups is 1. The Balaban J connectivity index is 2.52. The van der Waals surface area contributed by atoms with Crippen molar-refractivity contribution in [2.24, 2.45) is 5.73 Å². The van der Waals surface area contributed by atoms with Crippen LogP contribution in [0.15, 0.2) is 24.3 Å². The summed E-state index contributed by atoms with van der Waals surface area (Å²) in [6.45, 7) is 4.53. The molecule has 0 saturated carbocycles. The summed E-state index contributed by atoms with van der Waals surface area (Å²) < 4.78 is 1.98. The third-order valence-corrected chi connectivity index (χ3v) is 3.42. The number of aromatic carboxylic acids is 1. The molecule has 1 aromatic heterocycles. The van der Waals surface area contributed by atoms with Crippen LogP contribution in [0.25, 0.3) is 5.69 Å². The van der Waals surface area contributed by atoms with Crippen LogP contribution in [-0.4, -0.2) is 27.3 Å². The van der Waals surface area contributed by atoms with Gasteiger partial charge in [0.2, 0.25) is 0 Å². The summed E-state index contributed by atoms with van der Waals surface area (Å²) in [4.78, 5) is 10.9. The SMILES string of the molecule is Cc1cc(CCN)c(C)n1-c1ccc(C(=O)O)c(O)c1. The lowest BCUT2D eigenvalue weighted by atomic mass is 10.1. The number of aryl methyl sites for hydroxylation is 1. The fourth-order valence-corrected chi connectivity index (χ4v) is 2.48. The van der Waals surface area contributed by atoms with E-state index in [-0.39, 0.29) is 11.3 Å². The zero-order chi connectivity index (χ0) is 14.9. The van der Waals surface area contributed by atoms with Crippen LogP contribution in [0.3, 0.4) is 0 Å². The van der Waals surface area contributed by atoms with Crippen molar-refractivity contribution in [2.45, 2.75) is 20.3 Å². The predicted octanol–water partition coefficient (Wildman–Crippen LogP) is 2.00. The van der Waals surface area contributed by atoms with Crippen LogP contribution in [0.2, 0.25) is 0 Å². The van der Waals surface area contributed by atoms with Gasteiger partial charge in [0, 0.05) is 23.1 Å². The first-order chi connectivity index (χ1) is 9.45. The van der Waals surface area contributed by atoms with Gasteiger partial charge >= 0.3 is 5.97 Å². The van der Waals surface area contributed by atoms with Crippen LogP contribution in [0.5, 0.6) is 5.75 Å². The lowest BCUT2D eigenvalue weighted by Gasteiger charge is -2.11. The Hall–Kier alpha value is -2.27. The molecular formula is C15H18N2O3. The topological polar surface area (TPSA) is 88.5 Å². The van der Waals surface area contributed by atoms with Gasteiger partial charge in [0.1, 0.15) is 11.3 Å². The number of aromatic hydroxyl groups is 1. The van der Waals surface area contributed by atoms with Crippen molar-refractivity contribution in [3.05, 3.63) is 46.8 Å². The number of carboxylic acids is 1. The van der Waals surface area contributed by atoms with Gasteiger partial charge in [0.15, 0.2) is 0 Å². The molecule has 0 spiro atoms. The average Bonchev–Trinajstić information content (AvgIpc) is 2.64. The second-order valence-corrected chi connectivity index (χ2v) is 4.78. The lowest BCUT2D eigenvalue weighted by Crippen LogP contribution is -2.05. The van der Waals surface area contributed by atoms with Gasteiger partial charge in [-0.15, -0.1) is 0 Å². The molecule has 0 bridgehead atoms. The molecular weight excluding hydrogens is 256 g/mol. The smallest absolute Gasteiger partial charge is 0.339 e. The number of phenols is 1. The first-order valence-electron chi connectivity index (χ1n) is 6.40. The van der Waals surface area contributed by atoms with Crippen LogP contribution in [0.1, 0.15) is 27.3 Å². The minimum absolute atomic E-state index is 0.0987. The maximum absolute atomic E-state index is 10.9. The number of benzene rings is 1. The van der Waals surface area contributed by atoms with E-state index in [2.05, 4.69) is 6.07 Å². The van der Waals surface area contributed by atoms with Gasteiger partial charge in [0.25, 0.3) is 0 Å². The monoisotopic (exact) mass is 274 g/mol. The van der Waals surface area contributed by atoms with Gasteiger partial charge in [-0.1, -0.05) is 0 Å². The van der Waals surface area contributed by atoms with Crippen molar-refractivity contribution >= 4 is 5.97 Å². The molecule has 0 saturated heterocycles. The largest absolute Gasteiger partial charge is 0.507 e. The van der Waals surface area contributed by atoms with Crippen LogP contribution < -0.4 is 5.73 Å². The Morgan fingerprint density at radius 1 is 1.30 bits per heavy atom. The summed E-state index contributed by atoms with van der Waals surface area (Å²) in [5.41, 5.74) is 9.47. The molecule has 5 nitrogen and oxygen atoms in total. The first kappa shape index (κ1) is 14.1. The van der Waals surface area contributed by atoms with Crippen molar-refractivity contribution in [3.63, 3.8) is 0 Å². The molecule has 0 atom stereocenters. The number of rotatable bonds is 4. The normalized spacial score (nSPS) is 10.8. The van der Waals surface area contributed by atoms with Gasteiger partial charge in [-0.25, -0.2) is 4.79 Å². The maximum atomic E-state index is 10.9. The molecule has 20 heavy (non-hydrogen) atoms. The quantitative estimate of drug-likeness (QED) is 0.795. The van der Waals surface area contributed by atoms with E-state index in [4.69, 9.17) is 10.8 Å². The molecule has 0 radical (unpaired) electrons. The predicted molar refractivity (Wildman–Crippen MR) is 76.6 cm³/mol. The molecule has 5 heteroatoms. The minimum Gasteiger partial charge on any atom is -0.507 e. The van der Waals surface area contributed by atoms with Crippen molar-refractivity contribution in [2.75, 3.05) is 6.54 Å². The highest BCUT2D eigenvalue weighted by Gasteiger charge is 2.14. The van der Waals surface area contributed by atoms with E-state index in [1.807, 2.05) is 18.4 Å². The van der Waals surface area contributed by atoms with E-state index >= 15 is 0 Å². The fraction of sp³-hybridized carbons (Fsp3) is 0.267. The Kier molecular flexibility index (Phi) is 3.81. The van der Waals surface area contributed by atoms with Crippen LogP contribution in [0.4, 0.5) is 0 Å². The highest BCUT2D eigenvalue weighted by atomic mass is 16.4. The van der Waals surface area contributed by atoms with Gasteiger partial charge in [-0.2, -0.15) is 0 Å². The first-order valence-corrected chi connectivity index (χ1v) is 6.40. The molecule has 106 valence electrons. The van der Waals surface area contributed by atoms with Crippen LogP contribution in [-0.2, 0) is 6.42 Å². The van der Waals surface area contributed by atoms with Crippen LogP contribution in [0, 0.1) is 13.8 Å². The highest BCUT2D eigenvalue weighted by Crippen LogP contribution is 2.26. The van der Waals surface area contributed by atoms with Crippen molar-refractivity contribution < 1.29 is 15.0 Å². The van der Waals surface area contributed by atoms with Crippen molar-refractivity contribution in [3.8, 4) is 11.4 Å². The van der Waals surface area contributed by atoms with E-state index in [9.17, 15) is 9.90 Å². The Morgan fingerprint density at radius 2 is 2.00 bits per heavy atom. The summed E-state index contributed by atoms with van der Waals surface area (Å²) in [6.07, 6.45) is 0.791. The second kappa shape index (κ2) is 5.38. The molecule has 1 heterocycles. The number of nitrogens with zero attached hydrogens (tertiary/aromatic N) is 1. The van der Waals surface area contributed by atoms with Crippen LogP contribution >= 0.6 is 0 Å². The highest BCUT2D eigenvalue weighted by molar-refractivity contribution is 5.91. The van der Waals surface area contributed by atoms with E-state index < -0.39 is 5.97 Å². The molecule has 0 aliphatic heterocycles. The van der Waals surface area contributed by atoms with E-state index in [1.54, 1.807) is 6.07 Å².